The van der Waals surface area contributed by atoms with Crippen molar-refractivity contribution in [3.8, 4) is 17.6 Å². The molecule has 2 fully saturated rings. The van der Waals surface area contributed by atoms with E-state index < -0.39 is 46.1 Å². The molecule has 0 bridgehead atoms. The molecule has 0 radical (unpaired) electrons. The molecule has 0 N–H and O–H groups in total. The summed E-state index contributed by atoms with van der Waals surface area (Å²) in [5.41, 5.74) is 0. The van der Waals surface area contributed by atoms with Crippen molar-refractivity contribution in [3.05, 3.63) is 24.3 Å². The molecule has 2 heterocycles. The Balaban J connectivity index is 1.95. The van der Waals surface area contributed by atoms with Gasteiger partial charge < -0.3 is 23.7 Å². The van der Waals surface area contributed by atoms with Crippen molar-refractivity contribution >= 4 is 16.0 Å². The van der Waals surface area contributed by atoms with Gasteiger partial charge >= 0.3 is 5.97 Å². The first-order valence-electron chi connectivity index (χ1n) is 9.75. The van der Waals surface area contributed by atoms with E-state index in [-0.39, 0.29) is 18.0 Å². The fourth-order valence-electron chi connectivity index (χ4n) is 3.77. The van der Waals surface area contributed by atoms with Gasteiger partial charge in [0.05, 0.1) is 18.1 Å². The highest BCUT2D eigenvalue weighted by molar-refractivity contribution is 7.89. The molecule has 2 aliphatic heterocycles. The summed E-state index contributed by atoms with van der Waals surface area (Å²) in [5, 5.41) is 0. The van der Waals surface area contributed by atoms with E-state index in [2.05, 4.69) is 11.8 Å². The lowest BCUT2D eigenvalue weighted by Gasteiger charge is -2.41. The highest BCUT2D eigenvalue weighted by atomic mass is 32.2. The van der Waals surface area contributed by atoms with E-state index in [4.69, 9.17) is 23.7 Å². The van der Waals surface area contributed by atoms with E-state index in [0.29, 0.717) is 5.75 Å². The molecule has 2 aliphatic rings. The number of ether oxygens (including phenoxy) is 5. The second-order valence-electron chi connectivity index (χ2n) is 7.57. The van der Waals surface area contributed by atoms with Gasteiger partial charge in [0.1, 0.15) is 24.6 Å². The molecule has 10 heteroatoms. The van der Waals surface area contributed by atoms with Crippen molar-refractivity contribution in [1.82, 2.24) is 4.31 Å². The van der Waals surface area contributed by atoms with Crippen molar-refractivity contribution in [3.63, 3.8) is 0 Å². The van der Waals surface area contributed by atoms with E-state index in [0.717, 1.165) is 4.31 Å². The van der Waals surface area contributed by atoms with Gasteiger partial charge in [-0.2, -0.15) is 4.31 Å². The number of carbonyl (C=O) groups excluding carboxylic acids is 1. The molecule has 0 saturated carbocycles. The van der Waals surface area contributed by atoms with Crippen LogP contribution in [0, 0.1) is 11.8 Å². The van der Waals surface area contributed by atoms with Crippen molar-refractivity contribution in [2.45, 2.75) is 55.8 Å². The predicted octanol–water partition coefficient (Wildman–Crippen LogP) is 1.17. The summed E-state index contributed by atoms with van der Waals surface area (Å²) in [6, 6.07) is 4.69. The lowest BCUT2D eigenvalue weighted by molar-refractivity contribution is -0.160. The van der Waals surface area contributed by atoms with Crippen molar-refractivity contribution in [2.24, 2.45) is 0 Å². The second kappa shape index (κ2) is 9.14. The molecule has 31 heavy (non-hydrogen) atoms. The predicted molar refractivity (Wildman–Crippen MR) is 110 cm³/mol. The minimum absolute atomic E-state index is 0.00167. The lowest BCUT2D eigenvalue weighted by Crippen LogP contribution is -2.64. The molecule has 0 unspecified atom stereocenters. The maximum Gasteiger partial charge on any atom is 0.327 e. The van der Waals surface area contributed by atoms with Gasteiger partial charge in [-0.15, -0.1) is 5.92 Å². The van der Waals surface area contributed by atoms with E-state index in [1.165, 1.54) is 38.5 Å². The maximum absolute atomic E-state index is 13.5. The van der Waals surface area contributed by atoms with Gasteiger partial charge in [-0.1, -0.05) is 5.92 Å². The maximum atomic E-state index is 13.5. The molecule has 9 nitrogen and oxygen atoms in total. The molecular weight excluding hydrogens is 426 g/mol. The van der Waals surface area contributed by atoms with Crippen LogP contribution in [0.15, 0.2) is 29.2 Å². The molecule has 2 saturated heterocycles. The van der Waals surface area contributed by atoms with Gasteiger partial charge in [-0.05, 0) is 45.0 Å². The van der Waals surface area contributed by atoms with Crippen LogP contribution in [0.2, 0.25) is 0 Å². The first-order chi connectivity index (χ1) is 14.6. The minimum Gasteiger partial charge on any atom is -0.481 e. The molecule has 170 valence electrons. The first-order valence-corrected chi connectivity index (χ1v) is 11.2. The van der Waals surface area contributed by atoms with Crippen LogP contribution in [0.4, 0.5) is 0 Å². The Hall–Kier alpha value is -2.16. The normalized spacial score (nSPS) is 27.6. The summed E-state index contributed by atoms with van der Waals surface area (Å²) in [5.74, 6) is 4.23. The number of methoxy groups -OCH3 is 2. The number of esters is 1. The van der Waals surface area contributed by atoms with Crippen molar-refractivity contribution in [2.75, 3.05) is 27.4 Å². The molecule has 0 spiro atoms. The van der Waals surface area contributed by atoms with Gasteiger partial charge in [0.25, 0.3) is 0 Å². The Labute approximate surface area is 182 Å². The summed E-state index contributed by atoms with van der Waals surface area (Å²) in [4.78, 5) is 12.7. The quantitative estimate of drug-likeness (QED) is 0.467. The molecule has 0 aromatic heterocycles. The first kappa shape index (κ1) is 23.5. The van der Waals surface area contributed by atoms with E-state index in [1.54, 1.807) is 20.8 Å². The Morgan fingerprint density at radius 1 is 1.19 bits per heavy atom. The third-order valence-electron chi connectivity index (χ3n) is 5.17. The monoisotopic (exact) mass is 453 g/mol. The van der Waals surface area contributed by atoms with Crippen LogP contribution >= 0.6 is 0 Å². The standard InChI is InChI=1S/C21H27NO8S/c1-6-7-12-28-14-8-10-15(11-9-14)31(24,25)22-13-16(26-4)18-19(17(22)20(23)27-5)30-21(2,3)29-18/h8-11,16-19H,12-13H2,1-5H3/t16-,17+,18-,19-/m0/s1. The number of nitrogens with zero attached hydrogens (tertiary/aromatic N) is 1. The number of carbonyl (C=O) groups is 1. The van der Waals surface area contributed by atoms with Gasteiger partial charge in [-0.3, -0.25) is 4.79 Å². The van der Waals surface area contributed by atoms with Crippen LogP contribution in [0.3, 0.4) is 0 Å². The Morgan fingerprint density at radius 3 is 2.42 bits per heavy atom. The Kier molecular flexibility index (Phi) is 6.93. The van der Waals surface area contributed by atoms with Crippen LogP contribution in [0.5, 0.6) is 5.75 Å². The molecule has 0 aliphatic carbocycles. The van der Waals surface area contributed by atoms with Gasteiger partial charge in [0, 0.05) is 13.7 Å². The lowest BCUT2D eigenvalue weighted by atomic mass is 9.96. The second-order valence-corrected chi connectivity index (χ2v) is 9.46. The zero-order valence-electron chi connectivity index (χ0n) is 18.2. The van der Waals surface area contributed by atoms with Crippen LogP contribution < -0.4 is 4.74 Å². The third kappa shape index (κ3) is 4.71. The number of piperidine rings is 1. The number of fused-ring (bicyclic) bond motifs is 1. The molecular formula is C21H27NO8S. The summed E-state index contributed by atoms with van der Waals surface area (Å²) in [7, 11) is -1.43. The number of rotatable bonds is 6. The van der Waals surface area contributed by atoms with E-state index in [9.17, 15) is 13.2 Å². The number of hydrogen-bond acceptors (Lipinski definition) is 8. The SMILES string of the molecule is CC#CCOc1ccc(S(=O)(=O)N2C[C@H](OC)[C@@H]3OC(C)(C)O[C@H]3[C@@H]2C(=O)OC)cc1. The largest absolute Gasteiger partial charge is 0.481 e. The van der Waals surface area contributed by atoms with Gasteiger partial charge in [-0.25, -0.2) is 8.42 Å². The number of benzene rings is 1. The zero-order valence-corrected chi connectivity index (χ0v) is 19.0. The van der Waals surface area contributed by atoms with Crippen LogP contribution in [0.1, 0.15) is 20.8 Å². The van der Waals surface area contributed by atoms with E-state index in [1.807, 2.05) is 0 Å². The fourth-order valence-corrected chi connectivity index (χ4v) is 5.37. The smallest absolute Gasteiger partial charge is 0.327 e. The molecule has 0 amide bonds. The van der Waals surface area contributed by atoms with Crippen molar-refractivity contribution in [1.29, 1.82) is 0 Å². The molecule has 1 aromatic carbocycles. The highest BCUT2D eigenvalue weighted by Gasteiger charge is 2.59. The Morgan fingerprint density at radius 2 is 1.84 bits per heavy atom. The van der Waals surface area contributed by atoms with Crippen LogP contribution in [0.25, 0.3) is 0 Å². The average molecular weight is 454 g/mol. The molecule has 3 rings (SSSR count). The summed E-state index contributed by atoms with van der Waals surface area (Å²) in [6.45, 7) is 5.21. The molecule has 1 aromatic rings. The number of hydrogen-bond donors (Lipinski definition) is 0. The van der Waals surface area contributed by atoms with Gasteiger partial charge in [0.2, 0.25) is 10.0 Å². The topological polar surface area (TPSA) is 101 Å². The summed E-state index contributed by atoms with van der Waals surface area (Å²) in [6.07, 6.45) is -2.13. The summed E-state index contributed by atoms with van der Waals surface area (Å²) < 4.78 is 55.7. The van der Waals surface area contributed by atoms with Crippen LogP contribution in [-0.2, 0) is 33.8 Å². The zero-order chi connectivity index (χ0) is 22.8. The molecule has 4 atom stereocenters. The Bertz CT molecular complexity index is 963. The average Bonchev–Trinajstić information content (AvgIpc) is 3.07. The van der Waals surface area contributed by atoms with Crippen LogP contribution in [-0.4, -0.2) is 76.2 Å². The number of sulfonamides is 1. The highest BCUT2D eigenvalue weighted by Crippen LogP contribution is 2.39. The fraction of sp³-hybridized carbons (Fsp3) is 0.571. The summed E-state index contributed by atoms with van der Waals surface area (Å²) >= 11 is 0. The van der Waals surface area contributed by atoms with Crippen molar-refractivity contribution < 1.29 is 36.9 Å². The van der Waals surface area contributed by atoms with Gasteiger partial charge in [0.15, 0.2) is 11.8 Å². The van der Waals surface area contributed by atoms with E-state index >= 15 is 0 Å². The third-order valence-corrected chi connectivity index (χ3v) is 7.04. The minimum atomic E-state index is -4.09.